The van der Waals surface area contributed by atoms with Crippen LogP contribution in [0.1, 0.15) is 39.4 Å². The number of hydrogen-bond acceptors (Lipinski definition) is 5. The van der Waals surface area contributed by atoms with Crippen molar-refractivity contribution in [1.29, 1.82) is 0 Å². The second kappa shape index (κ2) is 7.78. The van der Waals surface area contributed by atoms with Crippen LogP contribution in [0.4, 0.5) is 11.4 Å². The Morgan fingerprint density at radius 3 is 2.57 bits per heavy atom. The zero-order chi connectivity index (χ0) is 16.8. The molecule has 122 valence electrons. The maximum atomic E-state index is 12.4. The van der Waals surface area contributed by atoms with E-state index < -0.39 is 5.97 Å². The summed E-state index contributed by atoms with van der Waals surface area (Å²) in [6.07, 6.45) is 0. The standard InChI is InChI=1S/C17H20N2O3S/c1-4-18-13-7-6-12(17(21)22-5-2)10-14(13)19-16(20)15-11(3)8-9-23-15/h6-10,18H,4-5H2,1-3H3,(H,19,20). The topological polar surface area (TPSA) is 67.4 Å². The quantitative estimate of drug-likeness (QED) is 0.787. The van der Waals surface area contributed by atoms with Crippen molar-refractivity contribution in [3.63, 3.8) is 0 Å². The molecule has 1 heterocycles. The van der Waals surface area contributed by atoms with Gasteiger partial charge in [0.2, 0.25) is 0 Å². The summed E-state index contributed by atoms with van der Waals surface area (Å²) >= 11 is 1.39. The molecule has 0 aliphatic rings. The fourth-order valence-corrected chi connectivity index (χ4v) is 2.94. The number of thiophene rings is 1. The predicted molar refractivity (Wildman–Crippen MR) is 93.6 cm³/mol. The van der Waals surface area contributed by atoms with Gasteiger partial charge in [0.05, 0.1) is 28.4 Å². The van der Waals surface area contributed by atoms with Crippen LogP contribution >= 0.6 is 11.3 Å². The van der Waals surface area contributed by atoms with Crippen molar-refractivity contribution in [2.24, 2.45) is 0 Å². The number of benzene rings is 1. The molecule has 0 saturated heterocycles. The maximum absolute atomic E-state index is 12.4. The summed E-state index contributed by atoms with van der Waals surface area (Å²) in [4.78, 5) is 25.0. The lowest BCUT2D eigenvalue weighted by Crippen LogP contribution is -2.14. The van der Waals surface area contributed by atoms with Gasteiger partial charge in [0, 0.05) is 6.54 Å². The normalized spacial score (nSPS) is 10.2. The van der Waals surface area contributed by atoms with Gasteiger partial charge in [-0.05, 0) is 56.0 Å². The lowest BCUT2D eigenvalue weighted by atomic mass is 10.1. The smallest absolute Gasteiger partial charge is 0.338 e. The van der Waals surface area contributed by atoms with Gasteiger partial charge in [-0.3, -0.25) is 4.79 Å². The third-order valence-corrected chi connectivity index (χ3v) is 4.23. The van der Waals surface area contributed by atoms with E-state index in [1.807, 2.05) is 25.3 Å². The molecule has 2 aromatic rings. The molecule has 1 amide bonds. The van der Waals surface area contributed by atoms with Crippen molar-refractivity contribution in [3.8, 4) is 0 Å². The van der Waals surface area contributed by atoms with Gasteiger partial charge in [0.15, 0.2) is 0 Å². The lowest BCUT2D eigenvalue weighted by molar-refractivity contribution is 0.0526. The van der Waals surface area contributed by atoms with E-state index in [4.69, 9.17) is 4.74 Å². The molecule has 0 aliphatic heterocycles. The molecule has 0 spiro atoms. The monoisotopic (exact) mass is 332 g/mol. The first-order valence-corrected chi connectivity index (χ1v) is 8.35. The summed E-state index contributed by atoms with van der Waals surface area (Å²) in [5.41, 5.74) is 2.67. The van der Waals surface area contributed by atoms with Crippen LogP contribution in [0.3, 0.4) is 0 Å². The molecule has 0 atom stereocenters. The van der Waals surface area contributed by atoms with Crippen LogP contribution in [-0.2, 0) is 4.74 Å². The average Bonchev–Trinajstić information content (AvgIpc) is 2.95. The molecule has 0 aliphatic carbocycles. The highest BCUT2D eigenvalue weighted by Gasteiger charge is 2.15. The molecule has 23 heavy (non-hydrogen) atoms. The summed E-state index contributed by atoms with van der Waals surface area (Å²) in [6.45, 7) is 6.64. The predicted octanol–water partition coefficient (Wildman–Crippen LogP) is 3.92. The minimum Gasteiger partial charge on any atom is -0.462 e. The van der Waals surface area contributed by atoms with Crippen molar-refractivity contribution in [2.75, 3.05) is 23.8 Å². The molecule has 0 saturated carbocycles. The molecule has 0 unspecified atom stereocenters. The second-order valence-electron chi connectivity index (χ2n) is 4.90. The minimum atomic E-state index is -0.404. The molecule has 2 rings (SSSR count). The van der Waals surface area contributed by atoms with Crippen molar-refractivity contribution in [1.82, 2.24) is 0 Å². The van der Waals surface area contributed by atoms with E-state index in [2.05, 4.69) is 10.6 Å². The molecule has 6 heteroatoms. The van der Waals surface area contributed by atoms with Gasteiger partial charge in [0.1, 0.15) is 0 Å². The fraction of sp³-hybridized carbons (Fsp3) is 0.294. The zero-order valence-corrected chi connectivity index (χ0v) is 14.3. The third-order valence-electron chi connectivity index (χ3n) is 3.21. The Hall–Kier alpha value is -2.34. The molecule has 0 bridgehead atoms. The summed E-state index contributed by atoms with van der Waals surface area (Å²) in [7, 11) is 0. The van der Waals surface area contributed by atoms with Crippen molar-refractivity contribution in [2.45, 2.75) is 20.8 Å². The molecular formula is C17H20N2O3S. The van der Waals surface area contributed by atoms with Crippen LogP contribution < -0.4 is 10.6 Å². The van der Waals surface area contributed by atoms with E-state index in [9.17, 15) is 9.59 Å². The number of carbonyl (C=O) groups is 2. The number of ether oxygens (including phenoxy) is 1. The summed E-state index contributed by atoms with van der Waals surface area (Å²) in [6, 6.07) is 6.99. The Labute approximate surface area is 139 Å². The lowest BCUT2D eigenvalue weighted by Gasteiger charge is -2.13. The van der Waals surface area contributed by atoms with E-state index >= 15 is 0 Å². The Morgan fingerprint density at radius 1 is 1.17 bits per heavy atom. The van der Waals surface area contributed by atoms with Crippen LogP contribution in [-0.4, -0.2) is 25.0 Å². The van der Waals surface area contributed by atoms with Gasteiger partial charge in [-0.25, -0.2) is 4.79 Å². The van der Waals surface area contributed by atoms with Crippen LogP contribution in [0, 0.1) is 6.92 Å². The molecule has 1 aromatic carbocycles. The fourth-order valence-electron chi connectivity index (χ4n) is 2.12. The number of rotatable bonds is 6. The largest absolute Gasteiger partial charge is 0.462 e. The molecule has 5 nitrogen and oxygen atoms in total. The number of hydrogen-bond donors (Lipinski definition) is 2. The van der Waals surface area contributed by atoms with Crippen LogP contribution in [0.25, 0.3) is 0 Å². The highest BCUT2D eigenvalue weighted by molar-refractivity contribution is 7.12. The van der Waals surface area contributed by atoms with E-state index in [0.717, 1.165) is 11.3 Å². The first kappa shape index (κ1) is 17.0. The SMILES string of the molecule is CCNc1ccc(C(=O)OCC)cc1NC(=O)c1sccc1C. The van der Waals surface area contributed by atoms with E-state index in [1.165, 1.54) is 11.3 Å². The first-order valence-electron chi connectivity index (χ1n) is 7.47. The Kier molecular flexibility index (Phi) is 5.76. The van der Waals surface area contributed by atoms with Gasteiger partial charge >= 0.3 is 5.97 Å². The van der Waals surface area contributed by atoms with E-state index in [0.29, 0.717) is 29.3 Å². The maximum Gasteiger partial charge on any atom is 0.338 e. The van der Waals surface area contributed by atoms with Crippen LogP contribution in [0.2, 0.25) is 0 Å². The number of carbonyl (C=O) groups excluding carboxylic acids is 2. The van der Waals surface area contributed by atoms with Gasteiger partial charge in [-0.15, -0.1) is 11.3 Å². The number of amides is 1. The Morgan fingerprint density at radius 2 is 1.96 bits per heavy atom. The Balaban J connectivity index is 2.30. The van der Waals surface area contributed by atoms with Crippen molar-refractivity contribution in [3.05, 3.63) is 45.6 Å². The number of nitrogens with one attached hydrogen (secondary N) is 2. The van der Waals surface area contributed by atoms with E-state index in [-0.39, 0.29) is 5.91 Å². The van der Waals surface area contributed by atoms with E-state index in [1.54, 1.807) is 25.1 Å². The first-order chi connectivity index (χ1) is 11.1. The summed E-state index contributed by atoms with van der Waals surface area (Å²) in [5.74, 6) is -0.587. The minimum absolute atomic E-state index is 0.183. The highest BCUT2D eigenvalue weighted by Crippen LogP contribution is 2.26. The second-order valence-corrected chi connectivity index (χ2v) is 5.81. The van der Waals surface area contributed by atoms with Crippen molar-refractivity contribution >= 4 is 34.6 Å². The third kappa shape index (κ3) is 4.10. The van der Waals surface area contributed by atoms with Gasteiger partial charge in [-0.2, -0.15) is 0 Å². The number of esters is 1. The molecule has 1 aromatic heterocycles. The highest BCUT2D eigenvalue weighted by atomic mass is 32.1. The number of aryl methyl sites for hydroxylation is 1. The molecule has 0 fully saturated rings. The Bertz CT molecular complexity index is 710. The van der Waals surface area contributed by atoms with Crippen LogP contribution in [0.15, 0.2) is 29.6 Å². The van der Waals surface area contributed by atoms with Crippen molar-refractivity contribution < 1.29 is 14.3 Å². The summed E-state index contributed by atoms with van der Waals surface area (Å²) in [5, 5.41) is 7.93. The molecule has 2 N–H and O–H groups in total. The summed E-state index contributed by atoms with van der Waals surface area (Å²) < 4.78 is 5.01. The van der Waals surface area contributed by atoms with Gasteiger partial charge < -0.3 is 15.4 Å². The van der Waals surface area contributed by atoms with Gasteiger partial charge in [-0.1, -0.05) is 0 Å². The number of anilines is 2. The van der Waals surface area contributed by atoms with Gasteiger partial charge in [0.25, 0.3) is 5.91 Å². The average molecular weight is 332 g/mol. The molecular weight excluding hydrogens is 312 g/mol. The molecule has 0 radical (unpaired) electrons. The van der Waals surface area contributed by atoms with Crippen LogP contribution in [0.5, 0.6) is 0 Å². The zero-order valence-electron chi connectivity index (χ0n) is 13.4.